The molecular weight excluding hydrogens is 251 g/mol. The van der Waals surface area contributed by atoms with Crippen molar-refractivity contribution in [1.82, 2.24) is 0 Å². The second-order valence-corrected chi connectivity index (χ2v) is 6.24. The lowest BCUT2D eigenvalue weighted by atomic mass is 10.3. The van der Waals surface area contributed by atoms with Gasteiger partial charge in [0.25, 0.3) is 0 Å². The van der Waals surface area contributed by atoms with Crippen LogP contribution < -0.4 is 5.32 Å². The quantitative estimate of drug-likeness (QED) is 0.335. The molecule has 0 radical (unpaired) electrons. The van der Waals surface area contributed by atoms with Gasteiger partial charge in [0.05, 0.1) is 6.34 Å². The SMILES string of the molecule is CSc1ccc(NC=NP(O)(O)=S)cc1. The fourth-order valence-corrected chi connectivity index (χ4v) is 1.62. The van der Waals surface area contributed by atoms with Crippen molar-refractivity contribution in [2.24, 2.45) is 4.76 Å². The third-order valence-electron chi connectivity index (χ3n) is 1.53. The number of anilines is 1. The molecule has 0 unspecified atom stereocenters. The number of nitrogens with zero attached hydrogens (tertiary/aromatic N) is 1. The molecule has 4 nitrogen and oxygen atoms in total. The zero-order chi connectivity index (χ0) is 11.3. The Hall–Kier alpha value is -0.390. The van der Waals surface area contributed by atoms with Crippen LogP contribution in [0.2, 0.25) is 0 Å². The summed E-state index contributed by atoms with van der Waals surface area (Å²) in [6.45, 7) is -3.48. The number of benzene rings is 1. The molecule has 0 aliphatic heterocycles. The Morgan fingerprint density at radius 3 is 2.47 bits per heavy atom. The molecule has 1 aromatic rings. The minimum Gasteiger partial charge on any atom is -0.346 e. The first-order valence-electron chi connectivity index (χ1n) is 4.01. The van der Waals surface area contributed by atoms with Gasteiger partial charge in [-0.05, 0) is 42.3 Å². The Morgan fingerprint density at radius 1 is 1.40 bits per heavy atom. The standard InChI is InChI=1S/C8H11N2O2PS2/c1-15-8-4-2-7(3-5-8)9-6-10-13(11,12)14/h2-6H,1H3,(H3,9,10,11,12,14). The Balaban J connectivity index is 2.59. The zero-order valence-corrected chi connectivity index (χ0v) is 10.5. The predicted octanol–water partition coefficient (Wildman–Crippen LogP) is 2.06. The highest BCUT2D eigenvalue weighted by Crippen LogP contribution is 2.35. The van der Waals surface area contributed by atoms with E-state index >= 15 is 0 Å². The first-order valence-corrected chi connectivity index (χ1v) is 7.90. The van der Waals surface area contributed by atoms with Crippen LogP contribution in [0.5, 0.6) is 0 Å². The summed E-state index contributed by atoms with van der Waals surface area (Å²) in [5, 5.41) is 2.79. The highest BCUT2D eigenvalue weighted by Gasteiger charge is 2.00. The molecule has 0 spiro atoms. The fourth-order valence-electron chi connectivity index (χ4n) is 0.866. The van der Waals surface area contributed by atoms with Gasteiger partial charge in [-0.15, -0.1) is 11.8 Å². The summed E-state index contributed by atoms with van der Waals surface area (Å²) in [4.78, 5) is 18.8. The molecule has 0 saturated heterocycles. The highest BCUT2D eigenvalue weighted by molar-refractivity contribution is 8.08. The Bertz CT molecular complexity index is 388. The van der Waals surface area contributed by atoms with Gasteiger partial charge in [0.1, 0.15) is 0 Å². The van der Waals surface area contributed by atoms with Crippen molar-refractivity contribution in [1.29, 1.82) is 0 Å². The maximum Gasteiger partial charge on any atom is 0.305 e. The monoisotopic (exact) mass is 262 g/mol. The molecule has 0 atom stereocenters. The van der Waals surface area contributed by atoms with E-state index in [1.54, 1.807) is 11.8 Å². The van der Waals surface area contributed by atoms with Crippen LogP contribution >= 0.6 is 18.4 Å². The topological polar surface area (TPSA) is 64.9 Å². The zero-order valence-electron chi connectivity index (χ0n) is 7.99. The molecule has 1 aromatic carbocycles. The average molecular weight is 262 g/mol. The molecular formula is C8H11N2O2PS2. The summed E-state index contributed by atoms with van der Waals surface area (Å²) >= 11 is 5.97. The smallest absolute Gasteiger partial charge is 0.305 e. The van der Waals surface area contributed by atoms with Crippen molar-refractivity contribution >= 4 is 42.2 Å². The van der Waals surface area contributed by atoms with Crippen molar-refractivity contribution in [2.45, 2.75) is 4.90 Å². The summed E-state index contributed by atoms with van der Waals surface area (Å²) in [6.07, 6.45) is 3.20. The van der Waals surface area contributed by atoms with Gasteiger partial charge in [-0.25, -0.2) is 0 Å². The van der Waals surface area contributed by atoms with E-state index in [0.29, 0.717) is 0 Å². The van der Waals surface area contributed by atoms with Crippen molar-refractivity contribution in [3.8, 4) is 0 Å². The first-order chi connectivity index (χ1) is 7.01. The van der Waals surface area contributed by atoms with Gasteiger partial charge in [0, 0.05) is 10.6 Å². The van der Waals surface area contributed by atoms with E-state index in [4.69, 9.17) is 9.79 Å². The van der Waals surface area contributed by atoms with Crippen molar-refractivity contribution < 1.29 is 9.79 Å². The van der Waals surface area contributed by atoms with Gasteiger partial charge in [0.2, 0.25) is 0 Å². The highest BCUT2D eigenvalue weighted by atomic mass is 32.5. The summed E-state index contributed by atoms with van der Waals surface area (Å²) in [5.41, 5.74) is 0.819. The van der Waals surface area contributed by atoms with Crippen molar-refractivity contribution in [3.05, 3.63) is 24.3 Å². The maximum atomic E-state index is 8.82. The molecule has 0 amide bonds. The number of hydrogen-bond donors (Lipinski definition) is 3. The van der Waals surface area contributed by atoms with E-state index < -0.39 is 6.64 Å². The molecule has 0 saturated carbocycles. The Labute approximate surface area is 97.7 Å². The van der Waals surface area contributed by atoms with Crippen LogP contribution in [0.3, 0.4) is 0 Å². The van der Waals surface area contributed by atoms with Crippen LogP contribution in [0.1, 0.15) is 0 Å². The van der Waals surface area contributed by atoms with Crippen molar-refractivity contribution in [2.75, 3.05) is 11.6 Å². The summed E-state index contributed by atoms with van der Waals surface area (Å²) in [7, 11) is 0. The van der Waals surface area contributed by atoms with Crippen LogP contribution in [0.15, 0.2) is 33.9 Å². The van der Waals surface area contributed by atoms with E-state index in [2.05, 4.69) is 21.9 Å². The van der Waals surface area contributed by atoms with E-state index in [1.807, 2.05) is 30.5 Å². The molecule has 3 N–H and O–H groups in total. The van der Waals surface area contributed by atoms with E-state index in [-0.39, 0.29) is 0 Å². The second-order valence-electron chi connectivity index (χ2n) is 2.63. The predicted molar refractivity (Wildman–Crippen MR) is 69.1 cm³/mol. The number of hydrogen-bond acceptors (Lipinski definition) is 2. The normalized spacial score (nSPS) is 11.9. The maximum absolute atomic E-state index is 8.82. The fraction of sp³-hybridized carbons (Fsp3) is 0.125. The van der Waals surface area contributed by atoms with E-state index in [9.17, 15) is 0 Å². The second kappa shape index (κ2) is 5.63. The molecule has 0 aliphatic carbocycles. The lowest BCUT2D eigenvalue weighted by molar-refractivity contribution is 0.481. The largest absolute Gasteiger partial charge is 0.346 e. The minimum absolute atomic E-state index is 0.819. The van der Waals surface area contributed by atoms with E-state index in [0.717, 1.165) is 10.6 Å². The van der Waals surface area contributed by atoms with Gasteiger partial charge in [-0.2, -0.15) is 4.76 Å². The molecule has 0 fully saturated rings. The van der Waals surface area contributed by atoms with Gasteiger partial charge < -0.3 is 15.1 Å². The summed E-state index contributed by atoms with van der Waals surface area (Å²) in [5.74, 6) is 0. The van der Waals surface area contributed by atoms with Gasteiger partial charge >= 0.3 is 6.64 Å². The van der Waals surface area contributed by atoms with E-state index in [1.165, 1.54) is 6.34 Å². The number of nitrogens with one attached hydrogen (secondary N) is 1. The summed E-state index contributed by atoms with van der Waals surface area (Å²) < 4.78 is 3.39. The van der Waals surface area contributed by atoms with Crippen LogP contribution in [0.25, 0.3) is 0 Å². The van der Waals surface area contributed by atoms with Gasteiger partial charge in [-0.1, -0.05) is 0 Å². The molecule has 82 valence electrons. The third-order valence-corrected chi connectivity index (χ3v) is 2.97. The molecule has 0 aromatic heterocycles. The minimum atomic E-state index is -3.48. The van der Waals surface area contributed by atoms with Crippen LogP contribution in [-0.2, 0) is 11.8 Å². The van der Waals surface area contributed by atoms with Crippen LogP contribution in [0.4, 0.5) is 5.69 Å². The summed E-state index contributed by atoms with van der Waals surface area (Å²) in [6, 6.07) is 7.65. The van der Waals surface area contributed by atoms with Gasteiger partial charge in [-0.3, -0.25) is 0 Å². The van der Waals surface area contributed by atoms with Crippen molar-refractivity contribution in [3.63, 3.8) is 0 Å². The third kappa shape index (κ3) is 5.30. The van der Waals surface area contributed by atoms with Gasteiger partial charge in [0.15, 0.2) is 0 Å². The molecule has 0 bridgehead atoms. The average Bonchev–Trinajstić information content (AvgIpc) is 2.17. The molecule has 7 heteroatoms. The van der Waals surface area contributed by atoms with Crippen LogP contribution in [0, 0.1) is 0 Å². The molecule has 1 rings (SSSR count). The Morgan fingerprint density at radius 2 is 2.00 bits per heavy atom. The number of rotatable bonds is 4. The first kappa shape index (κ1) is 12.7. The lowest BCUT2D eigenvalue weighted by Gasteiger charge is -2.02. The number of thioether (sulfide) groups is 1. The van der Waals surface area contributed by atoms with Crippen LogP contribution in [-0.4, -0.2) is 22.4 Å². The lowest BCUT2D eigenvalue weighted by Crippen LogP contribution is -1.94. The molecule has 15 heavy (non-hydrogen) atoms. The Kier molecular flexibility index (Phi) is 4.76. The molecule has 0 aliphatic rings. The molecule has 0 heterocycles.